The number of benzene rings is 1. The van der Waals surface area contributed by atoms with Crippen LogP contribution < -0.4 is 10.6 Å². The standard InChI is InChI=1S/C20H28N4O2.HI/c1-14(18-12-15-8-4-7-11-17(15)26-18)22-20(21-13-19(25)24(2)3)23-16-9-5-6-10-16;/h4,7-8,11-12,14,16H,5-6,9-10,13H2,1-3H3,(H2,21,22,23);1H. The number of hydrogen-bond donors (Lipinski definition) is 2. The molecule has 2 aromatic rings. The van der Waals surface area contributed by atoms with Crippen molar-refractivity contribution in [1.82, 2.24) is 15.5 Å². The third-order valence-corrected chi connectivity index (χ3v) is 4.79. The first-order chi connectivity index (χ1) is 12.5. The summed E-state index contributed by atoms with van der Waals surface area (Å²) in [7, 11) is 3.48. The van der Waals surface area contributed by atoms with Crippen molar-refractivity contribution < 1.29 is 9.21 Å². The molecule has 1 saturated carbocycles. The minimum absolute atomic E-state index is 0. The van der Waals surface area contributed by atoms with Crippen LogP contribution in [0.3, 0.4) is 0 Å². The van der Waals surface area contributed by atoms with E-state index in [9.17, 15) is 4.79 Å². The molecule has 6 nitrogen and oxygen atoms in total. The summed E-state index contributed by atoms with van der Waals surface area (Å²) in [5.41, 5.74) is 0.876. The van der Waals surface area contributed by atoms with E-state index in [1.807, 2.05) is 37.3 Å². The molecule has 0 bridgehead atoms. The fourth-order valence-corrected chi connectivity index (χ4v) is 3.18. The minimum atomic E-state index is -0.0514. The van der Waals surface area contributed by atoms with Gasteiger partial charge in [0, 0.05) is 25.5 Å². The van der Waals surface area contributed by atoms with Crippen molar-refractivity contribution in [2.24, 2.45) is 4.99 Å². The quantitative estimate of drug-likeness (QED) is 0.386. The van der Waals surface area contributed by atoms with Crippen LogP contribution in [0.15, 0.2) is 39.7 Å². The molecule has 7 heteroatoms. The molecule has 1 unspecified atom stereocenters. The van der Waals surface area contributed by atoms with Crippen LogP contribution in [0.5, 0.6) is 0 Å². The van der Waals surface area contributed by atoms with E-state index in [1.54, 1.807) is 19.0 Å². The molecule has 0 spiro atoms. The predicted molar refractivity (Wildman–Crippen MR) is 120 cm³/mol. The average molecular weight is 484 g/mol. The van der Waals surface area contributed by atoms with Crippen LogP contribution in [0, 0.1) is 0 Å². The van der Waals surface area contributed by atoms with Crippen LogP contribution in [0.1, 0.15) is 44.4 Å². The van der Waals surface area contributed by atoms with E-state index < -0.39 is 0 Å². The molecule has 148 valence electrons. The van der Waals surface area contributed by atoms with Crippen LogP contribution in [0.4, 0.5) is 0 Å². The van der Waals surface area contributed by atoms with Crippen LogP contribution in [0.25, 0.3) is 11.0 Å². The number of nitrogens with one attached hydrogen (secondary N) is 2. The molecule has 1 fully saturated rings. The molecule has 1 aromatic heterocycles. The van der Waals surface area contributed by atoms with Gasteiger partial charge in [-0.2, -0.15) is 0 Å². The van der Waals surface area contributed by atoms with Gasteiger partial charge in [0.15, 0.2) is 5.96 Å². The van der Waals surface area contributed by atoms with Gasteiger partial charge in [0.2, 0.25) is 5.91 Å². The Labute approximate surface area is 177 Å². The molecule has 0 aliphatic heterocycles. The number of rotatable bonds is 5. The summed E-state index contributed by atoms with van der Waals surface area (Å²) in [5.74, 6) is 1.50. The third kappa shape index (κ3) is 5.85. The van der Waals surface area contributed by atoms with Gasteiger partial charge >= 0.3 is 0 Å². The number of furan rings is 1. The maximum Gasteiger partial charge on any atom is 0.243 e. The van der Waals surface area contributed by atoms with Gasteiger partial charge in [-0.05, 0) is 31.9 Å². The molecule has 1 atom stereocenters. The second-order valence-corrected chi connectivity index (χ2v) is 7.13. The van der Waals surface area contributed by atoms with E-state index in [2.05, 4.69) is 15.6 Å². The van der Waals surface area contributed by atoms with Crippen molar-refractivity contribution in [3.8, 4) is 0 Å². The molecule has 0 saturated heterocycles. The van der Waals surface area contributed by atoms with E-state index in [4.69, 9.17) is 4.42 Å². The van der Waals surface area contributed by atoms with Gasteiger partial charge in [0.25, 0.3) is 0 Å². The monoisotopic (exact) mass is 484 g/mol. The number of fused-ring (bicyclic) bond motifs is 1. The first-order valence-corrected chi connectivity index (χ1v) is 9.29. The number of hydrogen-bond acceptors (Lipinski definition) is 3. The fraction of sp³-hybridized carbons (Fsp3) is 0.500. The average Bonchev–Trinajstić information content (AvgIpc) is 3.28. The van der Waals surface area contributed by atoms with Crippen molar-refractivity contribution in [2.45, 2.75) is 44.7 Å². The Balaban J connectivity index is 0.00000261. The van der Waals surface area contributed by atoms with Crippen molar-refractivity contribution in [2.75, 3.05) is 20.6 Å². The molecule has 2 N–H and O–H groups in total. The van der Waals surface area contributed by atoms with Crippen molar-refractivity contribution >= 4 is 46.8 Å². The summed E-state index contributed by atoms with van der Waals surface area (Å²) in [5, 5.41) is 7.95. The van der Waals surface area contributed by atoms with Crippen LogP contribution in [-0.4, -0.2) is 43.4 Å². The number of aliphatic imine (C=N–C) groups is 1. The molecule has 1 aliphatic rings. The maximum atomic E-state index is 11.9. The lowest BCUT2D eigenvalue weighted by Crippen LogP contribution is -2.44. The van der Waals surface area contributed by atoms with E-state index in [0.717, 1.165) is 29.6 Å². The molecule has 3 rings (SSSR count). The number of para-hydroxylation sites is 1. The SMILES string of the molecule is CC(NC(=NCC(=O)N(C)C)NC1CCCC1)c1cc2ccccc2o1.I. The highest BCUT2D eigenvalue weighted by Crippen LogP contribution is 2.23. The fourth-order valence-electron chi connectivity index (χ4n) is 3.18. The normalized spacial score (nSPS) is 16.0. The third-order valence-electron chi connectivity index (χ3n) is 4.79. The lowest BCUT2D eigenvalue weighted by atomic mass is 10.2. The molecular formula is C20H29IN4O2. The molecule has 1 amide bonds. The zero-order valence-corrected chi connectivity index (χ0v) is 18.5. The van der Waals surface area contributed by atoms with E-state index in [-0.39, 0.29) is 42.5 Å². The van der Waals surface area contributed by atoms with Gasteiger partial charge in [0.05, 0.1) is 6.04 Å². The van der Waals surface area contributed by atoms with Crippen LogP contribution in [-0.2, 0) is 4.79 Å². The molecule has 1 heterocycles. The highest BCUT2D eigenvalue weighted by molar-refractivity contribution is 14.0. The van der Waals surface area contributed by atoms with Gasteiger partial charge in [-0.3, -0.25) is 4.79 Å². The Morgan fingerprint density at radius 2 is 2.00 bits per heavy atom. The maximum absolute atomic E-state index is 11.9. The molecule has 1 aromatic carbocycles. The largest absolute Gasteiger partial charge is 0.459 e. The first-order valence-electron chi connectivity index (χ1n) is 9.29. The summed E-state index contributed by atoms with van der Waals surface area (Å²) in [6, 6.07) is 10.4. The number of carbonyl (C=O) groups excluding carboxylic acids is 1. The summed E-state index contributed by atoms with van der Waals surface area (Å²) < 4.78 is 5.94. The topological polar surface area (TPSA) is 69.9 Å². The lowest BCUT2D eigenvalue weighted by molar-refractivity contribution is -0.127. The number of halogens is 1. The van der Waals surface area contributed by atoms with Crippen LogP contribution in [0.2, 0.25) is 0 Å². The number of amides is 1. The number of nitrogens with zero attached hydrogens (tertiary/aromatic N) is 2. The molecular weight excluding hydrogens is 455 g/mol. The van der Waals surface area contributed by atoms with Crippen molar-refractivity contribution in [1.29, 1.82) is 0 Å². The Morgan fingerprint density at radius 1 is 1.30 bits per heavy atom. The summed E-state index contributed by atoms with van der Waals surface area (Å²) >= 11 is 0. The predicted octanol–water partition coefficient (Wildman–Crippen LogP) is 3.68. The second kappa shape index (κ2) is 9.96. The summed E-state index contributed by atoms with van der Waals surface area (Å²) in [4.78, 5) is 17.9. The van der Waals surface area contributed by atoms with Crippen molar-refractivity contribution in [3.63, 3.8) is 0 Å². The minimum Gasteiger partial charge on any atom is -0.459 e. The van der Waals surface area contributed by atoms with Gasteiger partial charge < -0.3 is 20.0 Å². The Bertz CT molecular complexity index is 748. The Kier molecular flexibility index (Phi) is 7.94. The zero-order valence-electron chi connectivity index (χ0n) is 16.2. The zero-order chi connectivity index (χ0) is 18.5. The Morgan fingerprint density at radius 3 is 2.67 bits per heavy atom. The molecule has 0 radical (unpaired) electrons. The smallest absolute Gasteiger partial charge is 0.243 e. The summed E-state index contributed by atoms with van der Waals surface area (Å²) in [6.45, 7) is 2.17. The lowest BCUT2D eigenvalue weighted by Gasteiger charge is -2.20. The first kappa shape index (κ1) is 21.5. The molecule has 27 heavy (non-hydrogen) atoms. The number of likely N-dealkylation sites (N-methyl/N-ethyl adjacent to an activating group) is 1. The van der Waals surface area contributed by atoms with Gasteiger partial charge in [0.1, 0.15) is 17.9 Å². The highest BCUT2D eigenvalue weighted by Gasteiger charge is 2.19. The Hall–Kier alpha value is -1.77. The molecule has 1 aliphatic carbocycles. The van der Waals surface area contributed by atoms with Gasteiger partial charge in [-0.25, -0.2) is 4.99 Å². The van der Waals surface area contributed by atoms with Crippen LogP contribution >= 0.6 is 24.0 Å². The second-order valence-electron chi connectivity index (χ2n) is 7.13. The van der Waals surface area contributed by atoms with Crippen molar-refractivity contribution in [3.05, 3.63) is 36.1 Å². The summed E-state index contributed by atoms with van der Waals surface area (Å²) in [6.07, 6.45) is 4.75. The van der Waals surface area contributed by atoms with Gasteiger partial charge in [-0.15, -0.1) is 24.0 Å². The highest BCUT2D eigenvalue weighted by atomic mass is 127. The van der Waals surface area contributed by atoms with E-state index in [0.29, 0.717) is 12.0 Å². The van der Waals surface area contributed by atoms with E-state index in [1.165, 1.54) is 12.8 Å². The number of guanidine groups is 1. The van der Waals surface area contributed by atoms with Gasteiger partial charge in [-0.1, -0.05) is 31.0 Å². The van der Waals surface area contributed by atoms with E-state index >= 15 is 0 Å². The number of carbonyl (C=O) groups is 1.